The predicted molar refractivity (Wildman–Crippen MR) is 84.7 cm³/mol. The first-order chi connectivity index (χ1) is 10.1. The molecule has 0 saturated carbocycles. The molecule has 0 spiro atoms. The van der Waals surface area contributed by atoms with E-state index in [1.807, 2.05) is 30.3 Å². The minimum absolute atomic E-state index is 0.328. The maximum atomic E-state index is 11.4. The largest absolute Gasteiger partial charge is 0.497 e. The van der Waals surface area contributed by atoms with Crippen molar-refractivity contribution in [3.63, 3.8) is 0 Å². The summed E-state index contributed by atoms with van der Waals surface area (Å²) in [6.07, 6.45) is 0. The second-order valence-electron chi connectivity index (χ2n) is 4.38. The van der Waals surface area contributed by atoms with Gasteiger partial charge in [0.25, 0.3) is 0 Å². The zero-order chi connectivity index (χ0) is 15.2. The third kappa shape index (κ3) is 3.92. The van der Waals surface area contributed by atoms with Crippen molar-refractivity contribution in [3.05, 3.63) is 53.6 Å². The van der Waals surface area contributed by atoms with E-state index in [0.717, 1.165) is 27.6 Å². The second-order valence-corrected chi connectivity index (χ2v) is 5.40. The van der Waals surface area contributed by atoms with Crippen molar-refractivity contribution in [2.45, 2.75) is 10.6 Å². The molecule has 0 aliphatic rings. The van der Waals surface area contributed by atoms with Gasteiger partial charge in [0.15, 0.2) is 0 Å². The van der Waals surface area contributed by atoms with E-state index in [1.54, 1.807) is 31.0 Å². The normalized spacial score (nSPS) is 10.2. The molecule has 2 aromatic carbocycles. The monoisotopic (exact) mass is 303 g/mol. The fourth-order valence-electron chi connectivity index (χ4n) is 1.78. The number of hydrogen-bond acceptors (Lipinski definition) is 5. The highest BCUT2D eigenvalue weighted by atomic mass is 32.2. The zero-order valence-corrected chi connectivity index (χ0v) is 12.8. The molecule has 4 nitrogen and oxygen atoms in total. The number of esters is 1. The standard InChI is InChI=1S/C16H17NO3S/c1-19-13-7-8-14(17)15(9-13)21-10-11-3-5-12(6-4-11)16(18)20-2/h3-9H,10,17H2,1-2H3. The van der Waals surface area contributed by atoms with Gasteiger partial charge in [0.2, 0.25) is 0 Å². The van der Waals surface area contributed by atoms with Crippen LogP contribution in [-0.4, -0.2) is 20.2 Å². The van der Waals surface area contributed by atoms with Gasteiger partial charge in [-0.2, -0.15) is 0 Å². The van der Waals surface area contributed by atoms with E-state index in [0.29, 0.717) is 5.56 Å². The number of ether oxygens (including phenoxy) is 2. The maximum absolute atomic E-state index is 11.4. The molecule has 0 radical (unpaired) electrons. The molecule has 0 unspecified atom stereocenters. The molecule has 0 aliphatic heterocycles. The molecule has 0 bridgehead atoms. The van der Waals surface area contributed by atoms with E-state index in [-0.39, 0.29) is 5.97 Å². The van der Waals surface area contributed by atoms with Gasteiger partial charge in [-0.1, -0.05) is 12.1 Å². The molecule has 0 saturated heterocycles. The Morgan fingerprint density at radius 2 is 1.86 bits per heavy atom. The highest BCUT2D eigenvalue weighted by molar-refractivity contribution is 7.98. The van der Waals surface area contributed by atoms with Crippen LogP contribution >= 0.6 is 11.8 Å². The Balaban J connectivity index is 2.04. The molecular weight excluding hydrogens is 286 g/mol. The molecule has 2 N–H and O–H groups in total. The molecule has 5 heteroatoms. The van der Waals surface area contributed by atoms with Crippen molar-refractivity contribution < 1.29 is 14.3 Å². The van der Waals surface area contributed by atoms with E-state index >= 15 is 0 Å². The van der Waals surface area contributed by atoms with E-state index in [9.17, 15) is 4.79 Å². The Morgan fingerprint density at radius 1 is 1.14 bits per heavy atom. The van der Waals surface area contributed by atoms with Crippen LogP contribution in [0.15, 0.2) is 47.4 Å². The minimum Gasteiger partial charge on any atom is -0.497 e. The Kier molecular flexibility index (Phi) is 5.11. The lowest BCUT2D eigenvalue weighted by Gasteiger charge is -2.08. The van der Waals surface area contributed by atoms with Crippen LogP contribution in [0, 0.1) is 0 Å². The lowest BCUT2D eigenvalue weighted by atomic mass is 10.1. The van der Waals surface area contributed by atoms with Crippen LogP contribution in [0.4, 0.5) is 5.69 Å². The number of hydrogen-bond donors (Lipinski definition) is 1. The molecule has 0 heterocycles. The quantitative estimate of drug-likeness (QED) is 0.521. The third-order valence-electron chi connectivity index (χ3n) is 2.99. The Morgan fingerprint density at radius 3 is 2.48 bits per heavy atom. The second kappa shape index (κ2) is 7.04. The van der Waals surface area contributed by atoms with Crippen molar-refractivity contribution in [2.24, 2.45) is 0 Å². The summed E-state index contributed by atoms with van der Waals surface area (Å²) in [7, 11) is 3.00. The molecule has 0 atom stereocenters. The van der Waals surface area contributed by atoms with E-state index in [4.69, 9.17) is 10.5 Å². The van der Waals surface area contributed by atoms with Crippen LogP contribution in [0.2, 0.25) is 0 Å². The number of methoxy groups -OCH3 is 2. The lowest BCUT2D eigenvalue weighted by Crippen LogP contribution is -2.00. The molecule has 0 aromatic heterocycles. The van der Waals surface area contributed by atoms with Gasteiger partial charge in [-0.25, -0.2) is 4.79 Å². The number of anilines is 1. The SMILES string of the molecule is COC(=O)c1ccc(CSc2cc(OC)ccc2N)cc1. The van der Waals surface area contributed by atoms with E-state index in [1.165, 1.54) is 7.11 Å². The lowest BCUT2D eigenvalue weighted by molar-refractivity contribution is 0.0600. The predicted octanol–water partition coefficient (Wildman–Crippen LogP) is 3.36. The number of nitrogen functional groups attached to an aromatic ring is 1. The molecule has 0 fully saturated rings. The van der Waals surface area contributed by atoms with Gasteiger partial charge in [0, 0.05) is 16.3 Å². The van der Waals surface area contributed by atoms with Crippen LogP contribution in [0.25, 0.3) is 0 Å². The summed E-state index contributed by atoms with van der Waals surface area (Å²) in [4.78, 5) is 12.3. The van der Waals surface area contributed by atoms with Crippen LogP contribution in [0.5, 0.6) is 5.75 Å². The van der Waals surface area contributed by atoms with Crippen LogP contribution in [-0.2, 0) is 10.5 Å². The number of carbonyl (C=O) groups excluding carboxylic acids is 1. The van der Waals surface area contributed by atoms with Crippen molar-refractivity contribution in [3.8, 4) is 5.75 Å². The first-order valence-corrected chi connectivity index (χ1v) is 7.36. The Labute approximate surface area is 128 Å². The number of thioether (sulfide) groups is 1. The molecular formula is C16H17NO3S. The average molecular weight is 303 g/mol. The Hall–Kier alpha value is -2.14. The van der Waals surface area contributed by atoms with Crippen molar-refractivity contribution in [1.29, 1.82) is 0 Å². The molecule has 2 rings (SSSR count). The molecule has 21 heavy (non-hydrogen) atoms. The third-order valence-corrected chi connectivity index (χ3v) is 4.13. The fourth-order valence-corrected chi connectivity index (χ4v) is 2.73. The van der Waals surface area contributed by atoms with Gasteiger partial charge in [0.05, 0.1) is 19.8 Å². The summed E-state index contributed by atoms with van der Waals surface area (Å²) in [6, 6.07) is 12.9. The summed E-state index contributed by atoms with van der Waals surface area (Å²) in [6.45, 7) is 0. The van der Waals surface area contributed by atoms with Crippen molar-refractivity contribution >= 4 is 23.4 Å². The van der Waals surface area contributed by atoms with Crippen LogP contribution < -0.4 is 10.5 Å². The fraction of sp³-hybridized carbons (Fsp3) is 0.188. The summed E-state index contributed by atoms with van der Waals surface area (Å²) in [5.74, 6) is 1.22. The topological polar surface area (TPSA) is 61.5 Å². The van der Waals surface area contributed by atoms with Gasteiger partial charge in [-0.15, -0.1) is 11.8 Å². The van der Waals surface area contributed by atoms with Crippen molar-refractivity contribution in [1.82, 2.24) is 0 Å². The number of benzene rings is 2. The first-order valence-electron chi connectivity index (χ1n) is 6.37. The molecule has 0 amide bonds. The number of rotatable bonds is 5. The first kappa shape index (κ1) is 15.3. The summed E-state index contributed by atoms with van der Waals surface area (Å²) in [5, 5.41) is 0. The summed E-state index contributed by atoms with van der Waals surface area (Å²) < 4.78 is 9.87. The van der Waals surface area contributed by atoms with Gasteiger partial charge in [-0.05, 0) is 35.9 Å². The van der Waals surface area contributed by atoms with Crippen molar-refractivity contribution in [2.75, 3.05) is 20.0 Å². The number of nitrogens with two attached hydrogens (primary N) is 1. The van der Waals surface area contributed by atoms with Gasteiger partial charge < -0.3 is 15.2 Å². The van der Waals surface area contributed by atoms with Gasteiger partial charge >= 0.3 is 5.97 Å². The smallest absolute Gasteiger partial charge is 0.337 e. The summed E-state index contributed by atoms with van der Waals surface area (Å²) >= 11 is 1.63. The number of carbonyl (C=O) groups is 1. The highest BCUT2D eigenvalue weighted by Gasteiger charge is 2.06. The van der Waals surface area contributed by atoms with Gasteiger partial charge in [0.1, 0.15) is 5.75 Å². The molecule has 110 valence electrons. The zero-order valence-electron chi connectivity index (χ0n) is 12.0. The maximum Gasteiger partial charge on any atom is 0.337 e. The molecule has 2 aromatic rings. The van der Waals surface area contributed by atoms with E-state index < -0.39 is 0 Å². The van der Waals surface area contributed by atoms with Crippen LogP contribution in [0.3, 0.4) is 0 Å². The average Bonchev–Trinajstić information content (AvgIpc) is 2.54. The van der Waals surface area contributed by atoms with E-state index in [2.05, 4.69) is 4.74 Å². The highest BCUT2D eigenvalue weighted by Crippen LogP contribution is 2.31. The van der Waals surface area contributed by atoms with Gasteiger partial charge in [-0.3, -0.25) is 0 Å². The molecule has 0 aliphatic carbocycles. The minimum atomic E-state index is -0.328. The Bertz CT molecular complexity index is 626. The summed E-state index contributed by atoms with van der Waals surface area (Å²) in [5.41, 5.74) is 8.34. The van der Waals surface area contributed by atoms with Crippen LogP contribution in [0.1, 0.15) is 15.9 Å².